The third-order valence-electron chi connectivity index (χ3n) is 1.85. The molecule has 74 valence electrons. The first-order chi connectivity index (χ1) is 6.61. The summed E-state index contributed by atoms with van der Waals surface area (Å²) in [6, 6.07) is 8.71. The van der Waals surface area contributed by atoms with Crippen molar-refractivity contribution in [2.75, 3.05) is 7.05 Å². The first-order valence-electron chi connectivity index (χ1n) is 4.05. The van der Waals surface area contributed by atoms with E-state index in [1.54, 1.807) is 24.3 Å². The van der Waals surface area contributed by atoms with Gasteiger partial charge in [0.05, 0.1) is 0 Å². The SMILES string of the molecule is C#CC(c1ccccc1)S(=O)(=O)NC. The van der Waals surface area contributed by atoms with Gasteiger partial charge in [0.25, 0.3) is 0 Å². The molecule has 14 heavy (non-hydrogen) atoms. The number of hydrogen-bond donors (Lipinski definition) is 1. The van der Waals surface area contributed by atoms with Crippen LogP contribution in [0.25, 0.3) is 0 Å². The highest BCUT2D eigenvalue weighted by molar-refractivity contribution is 7.89. The summed E-state index contributed by atoms with van der Waals surface area (Å²) >= 11 is 0. The number of hydrogen-bond acceptors (Lipinski definition) is 2. The number of sulfonamides is 1. The van der Waals surface area contributed by atoms with Gasteiger partial charge in [-0.05, 0) is 12.6 Å². The molecular weight excluding hydrogens is 198 g/mol. The largest absolute Gasteiger partial charge is 0.229 e. The van der Waals surface area contributed by atoms with Crippen LogP contribution >= 0.6 is 0 Å². The van der Waals surface area contributed by atoms with Gasteiger partial charge in [0.1, 0.15) is 0 Å². The van der Waals surface area contributed by atoms with E-state index in [1.807, 2.05) is 6.07 Å². The normalized spacial score (nSPS) is 13.1. The van der Waals surface area contributed by atoms with Gasteiger partial charge < -0.3 is 0 Å². The van der Waals surface area contributed by atoms with Gasteiger partial charge in [-0.1, -0.05) is 36.3 Å². The molecule has 1 aromatic rings. The van der Waals surface area contributed by atoms with Gasteiger partial charge in [-0.15, -0.1) is 6.42 Å². The molecule has 3 nitrogen and oxygen atoms in total. The molecule has 0 aliphatic rings. The van der Waals surface area contributed by atoms with Crippen molar-refractivity contribution >= 4 is 10.0 Å². The molecule has 0 heterocycles. The second-order valence-electron chi connectivity index (χ2n) is 2.71. The van der Waals surface area contributed by atoms with E-state index >= 15 is 0 Å². The molecule has 0 saturated carbocycles. The molecule has 4 heteroatoms. The van der Waals surface area contributed by atoms with E-state index < -0.39 is 15.3 Å². The van der Waals surface area contributed by atoms with Gasteiger partial charge in [0.2, 0.25) is 10.0 Å². The third-order valence-corrected chi connectivity index (χ3v) is 3.45. The van der Waals surface area contributed by atoms with Crippen molar-refractivity contribution in [3.05, 3.63) is 35.9 Å². The average Bonchev–Trinajstić information content (AvgIpc) is 2.20. The standard InChI is InChI=1S/C10H11NO2S/c1-3-10(14(12,13)11-2)9-7-5-4-6-8-9/h1,4-8,10-11H,2H3. The Hall–Kier alpha value is -1.31. The molecule has 1 atom stereocenters. The summed E-state index contributed by atoms with van der Waals surface area (Å²) in [5.74, 6) is 2.26. The third kappa shape index (κ3) is 2.13. The van der Waals surface area contributed by atoms with Crippen molar-refractivity contribution < 1.29 is 8.42 Å². The Morgan fingerprint density at radius 2 is 1.93 bits per heavy atom. The van der Waals surface area contributed by atoms with E-state index in [0.29, 0.717) is 5.56 Å². The molecule has 0 bridgehead atoms. The monoisotopic (exact) mass is 209 g/mol. The molecule has 0 aliphatic heterocycles. The van der Waals surface area contributed by atoms with E-state index in [1.165, 1.54) is 7.05 Å². The highest BCUT2D eigenvalue weighted by Crippen LogP contribution is 2.19. The number of nitrogens with one attached hydrogen (secondary N) is 1. The lowest BCUT2D eigenvalue weighted by Crippen LogP contribution is -2.24. The Labute approximate surface area is 84.2 Å². The van der Waals surface area contributed by atoms with Crippen LogP contribution in [0.2, 0.25) is 0 Å². The highest BCUT2D eigenvalue weighted by atomic mass is 32.2. The minimum absolute atomic E-state index is 0.601. The van der Waals surface area contributed by atoms with Gasteiger partial charge in [-0.3, -0.25) is 0 Å². The van der Waals surface area contributed by atoms with Gasteiger partial charge in [-0.25, -0.2) is 13.1 Å². The van der Waals surface area contributed by atoms with Crippen LogP contribution in [0.5, 0.6) is 0 Å². The van der Waals surface area contributed by atoms with E-state index in [-0.39, 0.29) is 0 Å². The van der Waals surface area contributed by atoms with Crippen LogP contribution in [0.1, 0.15) is 10.8 Å². The fraction of sp³-hybridized carbons (Fsp3) is 0.200. The van der Waals surface area contributed by atoms with Crippen LogP contribution < -0.4 is 4.72 Å². The molecule has 0 aliphatic carbocycles. The first kappa shape index (κ1) is 10.8. The Bertz CT molecular complexity index is 431. The maximum Gasteiger partial charge on any atom is 0.229 e. The van der Waals surface area contributed by atoms with Gasteiger partial charge in [0, 0.05) is 0 Å². The fourth-order valence-corrected chi connectivity index (χ4v) is 2.04. The Kier molecular flexibility index (Phi) is 3.28. The molecule has 0 aromatic heterocycles. The second kappa shape index (κ2) is 4.27. The quantitative estimate of drug-likeness (QED) is 0.752. The van der Waals surface area contributed by atoms with Gasteiger partial charge in [0.15, 0.2) is 5.25 Å². The Balaban J connectivity index is 3.15. The van der Waals surface area contributed by atoms with E-state index in [0.717, 1.165) is 0 Å². The average molecular weight is 209 g/mol. The van der Waals surface area contributed by atoms with E-state index in [9.17, 15) is 8.42 Å². The summed E-state index contributed by atoms with van der Waals surface area (Å²) in [5, 5.41) is -0.923. The van der Waals surface area contributed by atoms with Crippen molar-refractivity contribution in [3.63, 3.8) is 0 Å². The predicted octanol–water partition coefficient (Wildman–Crippen LogP) is 0.910. The summed E-state index contributed by atoms with van der Waals surface area (Å²) in [6.07, 6.45) is 5.20. The van der Waals surface area contributed by atoms with Crippen molar-refractivity contribution in [3.8, 4) is 12.3 Å². The lowest BCUT2D eigenvalue weighted by Gasteiger charge is -2.10. The summed E-state index contributed by atoms with van der Waals surface area (Å²) in [7, 11) is -2.10. The molecule has 0 spiro atoms. The summed E-state index contributed by atoms with van der Waals surface area (Å²) in [6.45, 7) is 0. The first-order valence-corrected chi connectivity index (χ1v) is 5.60. The van der Waals surface area contributed by atoms with Crippen LogP contribution in [-0.4, -0.2) is 15.5 Å². The van der Waals surface area contributed by atoms with Crippen LogP contribution in [0.4, 0.5) is 0 Å². The number of benzene rings is 1. The topological polar surface area (TPSA) is 46.2 Å². The second-order valence-corrected chi connectivity index (χ2v) is 4.68. The van der Waals surface area contributed by atoms with Crippen LogP contribution in [0.15, 0.2) is 30.3 Å². The van der Waals surface area contributed by atoms with E-state index in [4.69, 9.17) is 6.42 Å². The zero-order valence-electron chi connectivity index (χ0n) is 7.77. The number of terminal acetylenes is 1. The Morgan fingerprint density at radius 3 is 2.36 bits per heavy atom. The highest BCUT2D eigenvalue weighted by Gasteiger charge is 2.22. The molecule has 0 saturated heterocycles. The minimum atomic E-state index is -3.45. The lowest BCUT2D eigenvalue weighted by atomic mass is 10.2. The number of rotatable bonds is 3. The van der Waals surface area contributed by atoms with Crippen molar-refractivity contribution in [1.82, 2.24) is 4.72 Å². The van der Waals surface area contributed by atoms with Crippen LogP contribution in [0.3, 0.4) is 0 Å². The van der Waals surface area contributed by atoms with E-state index in [2.05, 4.69) is 10.6 Å². The van der Waals surface area contributed by atoms with Crippen LogP contribution in [0, 0.1) is 12.3 Å². The maximum atomic E-state index is 11.5. The lowest BCUT2D eigenvalue weighted by molar-refractivity contribution is 0.583. The smallest absolute Gasteiger partial charge is 0.217 e. The predicted molar refractivity (Wildman–Crippen MR) is 56.0 cm³/mol. The molecule has 0 amide bonds. The van der Waals surface area contributed by atoms with Crippen LogP contribution in [-0.2, 0) is 10.0 Å². The Morgan fingerprint density at radius 1 is 1.36 bits per heavy atom. The summed E-state index contributed by atoms with van der Waals surface area (Å²) < 4.78 is 25.2. The molecule has 1 rings (SSSR count). The van der Waals surface area contributed by atoms with Crippen molar-refractivity contribution in [1.29, 1.82) is 0 Å². The molecule has 1 N–H and O–H groups in total. The molecular formula is C10H11NO2S. The van der Waals surface area contributed by atoms with Crippen molar-refractivity contribution in [2.24, 2.45) is 0 Å². The molecule has 1 aromatic carbocycles. The summed E-state index contributed by atoms with van der Waals surface area (Å²) in [4.78, 5) is 0. The zero-order valence-corrected chi connectivity index (χ0v) is 8.58. The van der Waals surface area contributed by atoms with Crippen molar-refractivity contribution in [2.45, 2.75) is 5.25 Å². The molecule has 0 fully saturated rings. The van der Waals surface area contributed by atoms with Gasteiger partial charge >= 0.3 is 0 Å². The van der Waals surface area contributed by atoms with Gasteiger partial charge in [-0.2, -0.15) is 0 Å². The molecule has 0 radical (unpaired) electrons. The fourth-order valence-electron chi connectivity index (χ4n) is 1.11. The summed E-state index contributed by atoms with van der Waals surface area (Å²) in [5.41, 5.74) is 0.601. The zero-order chi connectivity index (χ0) is 10.6. The maximum absolute atomic E-state index is 11.5. The minimum Gasteiger partial charge on any atom is -0.217 e. The molecule has 1 unspecified atom stereocenters.